The molecule has 1 N–H and O–H groups in total. The fourth-order valence-corrected chi connectivity index (χ4v) is 8.41. The molecule has 0 saturated carbocycles. The van der Waals surface area contributed by atoms with Gasteiger partial charge in [0.25, 0.3) is 0 Å². The molecule has 3 aromatic carbocycles. The molecule has 0 atom stereocenters. The number of benzene rings is 3. The number of ketones is 1. The Morgan fingerprint density at radius 1 is 0.868 bits per heavy atom. The second-order valence-electron chi connectivity index (χ2n) is 16.5. The van der Waals surface area contributed by atoms with Gasteiger partial charge in [-0.05, 0) is 73.4 Å². The summed E-state index contributed by atoms with van der Waals surface area (Å²) >= 11 is 1.88. The van der Waals surface area contributed by atoms with E-state index in [0.717, 1.165) is 70.7 Å². The number of hydrogen-bond acceptors (Lipinski definition) is 5. The molecule has 53 heavy (non-hydrogen) atoms. The van der Waals surface area contributed by atoms with Crippen molar-refractivity contribution in [2.75, 3.05) is 0 Å². The van der Waals surface area contributed by atoms with Crippen LogP contribution < -0.4 is 0 Å². The van der Waals surface area contributed by atoms with Crippen LogP contribution in [-0.4, -0.2) is 15.9 Å². The Morgan fingerprint density at radius 3 is 2.08 bits per heavy atom. The van der Waals surface area contributed by atoms with E-state index in [9.17, 15) is 9.90 Å². The number of hydrogen-bond donors (Lipinski definition) is 1. The van der Waals surface area contributed by atoms with Crippen molar-refractivity contribution < 1.29 is 34.4 Å². The van der Waals surface area contributed by atoms with Gasteiger partial charge in [0.05, 0.1) is 4.70 Å². The third-order valence-electron chi connectivity index (χ3n) is 11.6. The van der Waals surface area contributed by atoms with Gasteiger partial charge in [0.1, 0.15) is 11.3 Å². The molecule has 6 aromatic rings. The first-order chi connectivity index (χ1) is 24.5. The Balaban J connectivity index is 0.000000299. The third-order valence-corrected chi connectivity index (χ3v) is 12.9. The van der Waals surface area contributed by atoms with Crippen LogP contribution in [0, 0.1) is 29.7 Å². The van der Waals surface area contributed by atoms with Crippen LogP contribution >= 0.6 is 11.3 Å². The normalized spacial score (nSPS) is 12.8. The molecular formula is C47H58IrNO3S-. The minimum Gasteiger partial charge on any atom is -0.512 e. The van der Waals surface area contributed by atoms with Gasteiger partial charge in [0.2, 0.25) is 0 Å². The van der Waals surface area contributed by atoms with E-state index in [-0.39, 0.29) is 47.9 Å². The van der Waals surface area contributed by atoms with Gasteiger partial charge < -0.3 is 9.52 Å². The second-order valence-corrected chi connectivity index (χ2v) is 17.6. The Morgan fingerprint density at radius 2 is 1.47 bits per heavy atom. The number of aryl methyl sites for hydroxylation is 1. The zero-order valence-electron chi connectivity index (χ0n) is 33.8. The molecule has 6 rings (SSSR count). The van der Waals surface area contributed by atoms with E-state index < -0.39 is 0 Å². The van der Waals surface area contributed by atoms with E-state index in [1.54, 1.807) is 0 Å². The molecule has 3 heterocycles. The molecule has 0 aliphatic heterocycles. The zero-order chi connectivity index (χ0) is 38.2. The third kappa shape index (κ3) is 8.36. The maximum absolute atomic E-state index is 12.2. The van der Waals surface area contributed by atoms with E-state index in [1.807, 2.05) is 59.1 Å². The van der Waals surface area contributed by atoms with Gasteiger partial charge in [-0.25, -0.2) is 0 Å². The number of fused-ring (bicyclic) bond motifs is 6. The summed E-state index contributed by atoms with van der Waals surface area (Å²) in [7, 11) is 0. The molecule has 0 amide bonds. The molecule has 0 unspecified atom stereocenters. The average Bonchev–Trinajstić information content (AvgIpc) is 3.66. The molecule has 0 aliphatic carbocycles. The van der Waals surface area contributed by atoms with Gasteiger partial charge in [-0.2, -0.15) is 0 Å². The van der Waals surface area contributed by atoms with Crippen LogP contribution in [0.15, 0.2) is 71.0 Å². The second kappa shape index (κ2) is 16.6. The molecule has 0 spiro atoms. The number of thiophene rings is 1. The molecule has 4 nitrogen and oxygen atoms in total. The first-order valence-electron chi connectivity index (χ1n) is 19.1. The van der Waals surface area contributed by atoms with Crippen LogP contribution in [0.5, 0.6) is 0 Å². The van der Waals surface area contributed by atoms with Gasteiger partial charge in [-0.1, -0.05) is 111 Å². The quantitative estimate of drug-likeness (QED) is 0.0845. The number of nitrogens with zero attached hydrogens (tertiary/aromatic N) is 1. The fourth-order valence-electron chi connectivity index (χ4n) is 6.91. The van der Waals surface area contributed by atoms with Crippen LogP contribution in [-0.2, 0) is 36.7 Å². The Hall–Kier alpha value is -3.31. The smallest absolute Gasteiger partial charge is 0.164 e. The standard InChI is InChI=1S/C32H30NOS.C15H28O2.Ir/c1-18(2)15-27-19(3)22-11-12-24-25-13-14-33-28(29(25)34-30(24)31(22)35-27)21-16-20-9-7-8-10-23(20)26(17-21)32(4,5)6;1-7-14(5,8-2)12(16)11-13(17)15(6,9-3)10-4;/h7-14,17-18H,15H2,1-6H3;11,16H,7-10H2,1-6H3;/q-1;;/b;12-11-;. The predicted molar refractivity (Wildman–Crippen MR) is 224 cm³/mol. The van der Waals surface area contributed by atoms with Gasteiger partial charge in [0.15, 0.2) is 11.4 Å². The van der Waals surface area contributed by atoms with Crippen molar-refractivity contribution in [3.8, 4) is 11.3 Å². The van der Waals surface area contributed by atoms with Crippen molar-refractivity contribution in [3.05, 3.63) is 88.6 Å². The van der Waals surface area contributed by atoms with E-state index in [0.29, 0.717) is 5.92 Å². The first kappa shape index (κ1) is 42.4. The molecule has 3 aromatic heterocycles. The molecule has 1 radical (unpaired) electrons. The van der Waals surface area contributed by atoms with Crippen LogP contribution in [0.1, 0.15) is 118 Å². The number of furan rings is 1. The Labute approximate surface area is 334 Å². The molecule has 0 aliphatic rings. The number of pyridine rings is 1. The van der Waals surface area contributed by atoms with Gasteiger partial charge >= 0.3 is 0 Å². The van der Waals surface area contributed by atoms with Crippen molar-refractivity contribution in [1.82, 2.24) is 4.98 Å². The predicted octanol–water partition coefficient (Wildman–Crippen LogP) is 14.3. The van der Waals surface area contributed by atoms with Crippen molar-refractivity contribution in [3.63, 3.8) is 0 Å². The average molecular weight is 909 g/mol. The molecule has 0 fully saturated rings. The van der Waals surface area contributed by atoms with Crippen LogP contribution in [0.3, 0.4) is 0 Å². The summed E-state index contributed by atoms with van der Waals surface area (Å²) < 4.78 is 7.94. The topological polar surface area (TPSA) is 63.3 Å². The maximum atomic E-state index is 12.2. The van der Waals surface area contributed by atoms with Crippen LogP contribution in [0.4, 0.5) is 0 Å². The first-order valence-corrected chi connectivity index (χ1v) is 20.0. The number of rotatable bonds is 10. The molecule has 285 valence electrons. The van der Waals surface area contributed by atoms with Crippen molar-refractivity contribution in [2.24, 2.45) is 16.7 Å². The van der Waals surface area contributed by atoms with Crippen molar-refractivity contribution in [1.29, 1.82) is 0 Å². The van der Waals surface area contributed by atoms with E-state index in [2.05, 4.69) is 96.1 Å². The summed E-state index contributed by atoms with van der Waals surface area (Å²) in [5, 5.41) is 16.1. The van der Waals surface area contributed by atoms with E-state index in [4.69, 9.17) is 9.40 Å². The zero-order valence-corrected chi connectivity index (χ0v) is 37.1. The summed E-state index contributed by atoms with van der Waals surface area (Å²) in [5.74, 6) is 0.915. The van der Waals surface area contributed by atoms with E-state index >= 15 is 0 Å². The minimum atomic E-state index is -0.337. The van der Waals surface area contributed by atoms with Crippen molar-refractivity contribution >= 4 is 59.9 Å². The number of carbonyl (C=O) groups excluding carboxylic acids is 1. The monoisotopic (exact) mass is 909 g/mol. The molecule has 0 saturated heterocycles. The summed E-state index contributed by atoms with van der Waals surface area (Å²) in [6.07, 6.45) is 7.76. The van der Waals surface area contributed by atoms with Crippen molar-refractivity contribution in [2.45, 2.75) is 121 Å². The van der Waals surface area contributed by atoms with Gasteiger partial charge in [0, 0.05) is 64.6 Å². The number of aliphatic hydroxyl groups is 1. The van der Waals surface area contributed by atoms with Gasteiger partial charge in [-0.3, -0.25) is 9.78 Å². The SMILES string of the molecule is CCC(C)(CC)C(=O)/C=C(\O)C(C)(CC)CC.Cc1c(CC(C)C)sc2c1ccc1c3ccnc(-c4[c-]c5ccccc5c(C(C)(C)C)c4)c3oc12.[Ir]. The molecule has 0 bridgehead atoms. The van der Waals surface area contributed by atoms with Gasteiger partial charge in [-0.15, -0.1) is 40.5 Å². The Kier molecular flexibility index (Phi) is 13.3. The fraction of sp³-hybridized carbons (Fsp3) is 0.447. The van der Waals surface area contributed by atoms with Crippen LogP contribution in [0.2, 0.25) is 0 Å². The molecule has 6 heteroatoms. The summed E-state index contributed by atoms with van der Waals surface area (Å²) in [4.78, 5) is 18.5. The van der Waals surface area contributed by atoms with Crippen LogP contribution in [0.25, 0.3) is 54.1 Å². The number of carbonyl (C=O) groups is 1. The molecular weight excluding hydrogens is 851 g/mol. The number of aliphatic hydroxyl groups excluding tert-OH is 1. The summed E-state index contributed by atoms with van der Waals surface area (Å²) in [6.45, 7) is 25.7. The number of allylic oxidation sites excluding steroid dienone is 2. The Bertz CT molecular complexity index is 2260. The summed E-state index contributed by atoms with van der Waals surface area (Å²) in [6, 6.07) is 21.0. The van der Waals surface area contributed by atoms with E-state index in [1.165, 1.54) is 37.6 Å². The summed E-state index contributed by atoms with van der Waals surface area (Å²) in [5.41, 5.74) is 5.75. The largest absolute Gasteiger partial charge is 0.512 e. The minimum absolute atomic E-state index is 0. The number of aromatic nitrogens is 1. The maximum Gasteiger partial charge on any atom is 0.164 e.